The standard InChI is InChI=1S/C15H23N3O3/c1-15(2,3)21-14(19)18-7-6-11(9-18)20-10-4-5-12(16)13(17)8-10/h4-5,8,11H,6-7,9,16-17H2,1-3H3/t11-/m0/s1. The van der Waals surface area contributed by atoms with Gasteiger partial charge in [-0.1, -0.05) is 0 Å². The van der Waals surface area contributed by atoms with Gasteiger partial charge < -0.3 is 25.8 Å². The lowest BCUT2D eigenvalue weighted by Gasteiger charge is -2.24. The smallest absolute Gasteiger partial charge is 0.410 e. The lowest BCUT2D eigenvalue weighted by molar-refractivity contribution is 0.0275. The molecule has 1 aliphatic rings. The summed E-state index contributed by atoms with van der Waals surface area (Å²) in [6.07, 6.45) is 0.412. The number of nitrogens with two attached hydrogens (primary N) is 2. The maximum atomic E-state index is 12.0. The zero-order valence-electron chi connectivity index (χ0n) is 12.8. The van der Waals surface area contributed by atoms with E-state index in [2.05, 4.69) is 0 Å². The zero-order chi connectivity index (χ0) is 15.6. The Bertz CT molecular complexity index is 525. The van der Waals surface area contributed by atoms with Crippen LogP contribution in [-0.2, 0) is 4.74 Å². The van der Waals surface area contributed by atoms with Crippen LogP contribution in [0.5, 0.6) is 5.75 Å². The molecule has 0 unspecified atom stereocenters. The fourth-order valence-electron chi connectivity index (χ4n) is 2.14. The summed E-state index contributed by atoms with van der Waals surface area (Å²) in [5.41, 5.74) is 12.0. The molecule has 4 N–H and O–H groups in total. The third kappa shape index (κ3) is 4.18. The Morgan fingerprint density at radius 3 is 2.62 bits per heavy atom. The number of carbonyl (C=O) groups is 1. The van der Waals surface area contributed by atoms with Crippen LogP contribution in [0.1, 0.15) is 27.2 Å². The second-order valence-electron chi connectivity index (χ2n) is 6.25. The summed E-state index contributed by atoms with van der Waals surface area (Å²) in [5, 5.41) is 0. The van der Waals surface area contributed by atoms with Crippen LogP contribution < -0.4 is 16.2 Å². The lowest BCUT2D eigenvalue weighted by atomic mass is 10.2. The maximum Gasteiger partial charge on any atom is 0.410 e. The molecule has 21 heavy (non-hydrogen) atoms. The second-order valence-corrected chi connectivity index (χ2v) is 6.25. The minimum absolute atomic E-state index is 0.0551. The van der Waals surface area contributed by atoms with Gasteiger partial charge in [0.25, 0.3) is 0 Å². The van der Waals surface area contributed by atoms with Crippen molar-refractivity contribution in [2.75, 3.05) is 24.6 Å². The van der Waals surface area contributed by atoms with Crippen LogP contribution in [0.25, 0.3) is 0 Å². The monoisotopic (exact) mass is 293 g/mol. The van der Waals surface area contributed by atoms with Crippen molar-refractivity contribution >= 4 is 17.5 Å². The van der Waals surface area contributed by atoms with Crippen molar-refractivity contribution < 1.29 is 14.3 Å². The summed E-state index contributed by atoms with van der Waals surface area (Å²) in [4.78, 5) is 13.6. The quantitative estimate of drug-likeness (QED) is 0.816. The van der Waals surface area contributed by atoms with E-state index in [-0.39, 0.29) is 12.2 Å². The van der Waals surface area contributed by atoms with E-state index < -0.39 is 5.60 Å². The van der Waals surface area contributed by atoms with Gasteiger partial charge in [0.05, 0.1) is 17.9 Å². The Labute approximate surface area is 125 Å². The molecular weight excluding hydrogens is 270 g/mol. The molecule has 0 spiro atoms. The van der Waals surface area contributed by atoms with E-state index in [0.29, 0.717) is 30.2 Å². The van der Waals surface area contributed by atoms with Gasteiger partial charge in [-0.15, -0.1) is 0 Å². The molecule has 1 aromatic carbocycles. The molecule has 1 aromatic rings. The maximum absolute atomic E-state index is 12.0. The number of hydrogen-bond acceptors (Lipinski definition) is 5. The van der Waals surface area contributed by atoms with Crippen molar-refractivity contribution in [2.45, 2.75) is 38.9 Å². The van der Waals surface area contributed by atoms with Crippen molar-refractivity contribution in [3.8, 4) is 5.75 Å². The van der Waals surface area contributed by atoms with Gasteiger partial charge in [0.1, 0.15) is 17.5 Å². The van der Waals surface area contributed by atoms with E-state index in [4.69, 9.17) is 20.9 Å². The van der Waals surface area contributed by atoms with E-state index in [1.54, 1.807) is 23.1 Å². The largest absolute Gasteiger partial charge is 0.488 e. The van der Waals surface area contributed by atoms with Gasteiger partial charge in [0.2, 0.25) is 0 Å². The summed E-state index contributed by atoms with van der Waals surface area (Å²) in [6, 6.07) is 5.19. The average molecular weight is 293 g/mol. The Morgan fingerprint density at radius 1 is 1.29 bits per heavy atom. The molecule has 6 nitrogen and oxygen atoms in total. The van der Waals surface area contributed by atoms with Gasteiger partial charge in [0, 0.05) is 19.0 Å². The summed E-state index contributed by atoms with van der Waals surface area (Å²) in [5.74, 6) is 0.665. The van der Waals surface area contributed by atoms with E-state index in [0.717, 1.165) is 6.42 Å². The van der Waals surface area contributed by atoms with Crippen LogP contribution in [0, 0.1) is 0 Å². The average Bonchev–Trinajstić information content (AvgIpc) is 2.80. The Kier molecular flexibility index (Phi) is 4.16. The molecule has 0 radical (unpaired) electrons. The molecule has 1 heterocycles. The van der Waals surface area contributed by atoms with Gasteiger partial charge in [-0.25, -0.2) is 4.79 Å². The van der Waals surface area contributed by atoms with Gasteiger partial charge in [-0.3, -0.25) is 0 Å². The van der Waals surface area contributed by atoms with Crippen LogP contribution in [0.15, 0.2) is 18.2 Å². The Morgan fingerprint density at radius 2 is 2.00 bits per heavy atom. The predicted molar refractivity (Wildman–Crippen MR) is 82.1 cm³/mol. The highest BCUT2D eigenvalue weighted by atomic mass is 16.6. The summed E-state index contributed by atoms with van der Waals surface area (Å²) in [7, 11) is 0. The highest BCUT2D eigenvalue weighted by Crippen LogP contribution is 2.25. The van der Waals surface area contributed by atoms with E-state index >= 15 is 0 Å². The third-order valence-electron chi connectivity index (χ3n) is 3.16. The highest BCUT2D eigenvalue weighted by Gasteiger charge is 2.30. The molecule has 1 atom stereocenters. The molecule has 6 heteroatoms. The number of rotatable bonds is 2. The molecule has 0 bridgehead atoms. The van der Waals surface area contributed by atoms with Gasteiger partial charge in [-0.05, 0) is 32.9 Å². The Balaban J connectivity index is 1.90. The molecule has 0 aliphatic carbocycles. The topological polar surface area (TPSA) is 90.8 Å². The van der Waals surface area contributed by atoms with Crippen LogP contribution in [0.2, 0.25) is 0 Å². The minimum Gasteiger partial charge on any atom is -0.488 e. The predicted octanol–water partition coefficient (Wildman–Crippen LogP) is 2.24. The van der Waals surface area contributed by atoms with Crippen LogP contribution in [-0.4, -0.2) is 35.8 Å². The SMILES string of the molecule is CC(C)(C)OC(=O)N1CC[C@H](Oc2ccc(N)c(N)c2)C1. The number of amides is 1. The second kappa shape index (κ2) is 5.71. The van der Waals surface area contributed by atoms with Gasteiger partial charge >= 0.3 is 6.09 Å². The minimum atomic E-state index is -0.485. The van der Waals surface area contributed by atoms with Crippen molar-refractivity contribution in [2.24, 2.45) is 0 Å². The lowest BCUT2D eigenvalue weighted by Crippen LogP contribution is -2.36. The van der Waals surface area contributed by atoms with Crippen LogP contribution in [0.3, 0.4) is 0 Å². The van der Waals surface area contributed by atoms with Crippen molar-refractivity contribution in [3.05, 3.63) is 18.2 Å². The van der Waals surface area contributed by atoms with Crippen molar-refractivity contribution in [3.63, 3.8) is 0 Å². The zero-order valence-corrected chi connectivity index (χ0v) is 12.8. The number of anilines is 2. The number of carbonyl (C=O) groups excluding carboxylic acids is 1. The number of nitrogens with zero attached hydrogens (tertiary/aromatic N) is 1. The van der Waals surface area contributed by atoms with Gasteiger partial charge in [0.15, 0.2) is 0 Å². The molecule has 1 amide bonds. The highest BCUT2D eigenvalue weighted by molar-refractivity contribution is 5.68. The van der Waals surface area contributed by atoms with E-state index in [9.17, 15) is 4.79 Å². The first-order chi connectivity index (χ1) is 9.74. The Hall–Kier alpha value is -2.11. The fourth-order valence-corrected chi connectivity index (χ4v) is 2.14. The van der Waals surface area contributed by atoms with Crippen LogP contribution in [0.4, 0.5) is 16.2 Å². The van der Waals surface area contributed by atoms with Gasteiger partial charge in [-0.2, -0.15) is 0 Å². The number of nitrogen functional groups attached to an aromatic ring is 2. The van der Waals surface area contributed by atoms with Crippen LogP contribution >= 0.6 is 0 Å². The molecule has 0 aromatic heterocycles. The number of benzene rings is 1. The number of likely N-dealkylation sites (tertiary alicyclic amines) is 1. The fraction of sp³-hybridized carbons (Fsp3) is 0.533. The summed E-state index contributed by atoms with van der Waals surface area (Å²) < 4.78 is 11.2. The molecule has 1 aliphatic heterocycles. The van der Waals surface area contributed by atoms with E-state index in [1.165, 1.54) is 0 Å². The molecular formula is C15H23N3O3. The first-order valence-corrected chi connectivity index (χ1v) is 7.04. The number of hydrogen-bond donors (Lipinski definition) is 2. The first kappa shape index (κ1) is 15.3. The molecule has 2 rings (SSSR count). The molecule has 1 saturated heterocycles. The molecule has 1 fully saturated rings. The van der Waals surface area contributed by atoms with Crippen molar-refractivity contribution in [1.29, 1.82) is 0 Å². The normalized spacial score (nSPS) is 18.6. The third-order valence-corrected chi connectivity index (χ3v) is 3.16. The summed E-state index contributed by atoms with van der Waals surface area (Å²) >= 11 is 0. The molecule has 0 saturated carbocycles. The molecule has 116 valence electrons. The van der Waals surface area contributed by atoms with Crippen molar-refractivity contribution in [1.82, 2.24) is 4.90 Å². The number of ether oxygens (including phenoxy) is 2. The van der Waals surface area contributed by atoms with E-state index in [1.807, 2.05) is 20.8 Å². The first-order valence-electron chi connectivity index (χ1n) is 7.04. The summed E-state index contributed by atoms with van der Waals surface area (Å²) in [6.45, 7) is 6.70.